The lowest BCUT2D eigenvalue weighted by molar-refractivity contribution is 0.395. The molecule has 1 rings (SSSR count). The van der Waals surface area contributed by atoms with Crippen LogP contribution in [0.25, 0.3) is 0 Å². The predicted octanol–water partition coefficient (Wildman–Crippen LogP) is 2.17. The van der Waals surface area contributed by atoms with E-state index in [0.29, 0.717) is 12.1 Å². The first-order valence-electron chi connectivity index (χ1n) is 4.52. The third kappa shape index (κ3) is 2.67. The molecule has 0 unspecified atom stereocenters. The highest BCUT2D eigenvalue weighted by atomic mass is 19.1. The molecular weight excluding hydrogens is 188 g/mol. The summed E-state index contributed by atoms with van der Waals surface area (Å²) in [4.78, 5) is 0. The van der Waals surface area contributed by atoms with Gasteiger partial charge in [-0.25, -0.2) is 8.78 Å². The van der Waals surface area contributed by atoms with Crippen molar-refractivity contribution < 1.29 is 13.9 Å². The smallest absolute Gasteiger partial charge is 0.187 e. The zero-order valence-electron chi connectivity index (χ0n) is 7.98. The Balaban J connectivity index is 2.69. The molecule has 0 saturated heterocycles. The monoisotopic (exact) mass is 201 g/mol. The second-order valence-corrected chi connectivity index (χ2v) is 3.08. The van der Waals surface area contributed by atoms with E-state index in [2.05, 4.69) is 5.32 Å². The summed E-state index contributed by atoms with van der Waals surface area (Å²) in [6.45, 7) is 3.21. The van der Waals surface area contributed by atoms with E-state index in [4.69, 9.17) is 5.11 Å². The molecule has 0 aliphatic carbocycles. The van der Waals surface area contributed by atoms with Crippen LogP contribution in [0.2, 0.25) is 0 Å². The minimum Gasteiger partial charge on any atom is -0.503 e. The SMILES string of the molecule is CCCNCc1cc(F)c(O)c(F)c1. The van der Waals surface area contributed by atoms with E-state index in [1.807, 2.05) is 6.92 Å². The Kier molecular flexibility index (Phi) is 3.83. The van der Waals surface area contributed by atoms with E-state index in [-0.39, 0.29) is 0 Å². The van der Waals surface area contributed by atoms with Gasteiger partial charge in [-0.2, -0.15) is 0 Å². The minimum absolute atomic E-state index is 0.405. The zero-order chi connectivity index (χ0) is 10.6. The molecule has 14 heavy (non-hydrogen) atoms. The molecule has 0 radical (unpaired) electrons. The minimum atomic E-state index is -0.918. The summed E-state index contributed by atoms with van der Waals surface area (Å²) in [5.74, 6) is -2.75. The molecule has 0 heterocycles. The van der Waals surface area contributed by atoms with Crippen molar-refractivity contribution in [2.45, 2.75) is 19.9 Å². The summed E-state index contributed by atoms with van der Waals surface area (Å²) >= 11 is 0. The topological polar surface area (TPSA) is 32.3 Å². The van der Waals surface area contributed by atoms with Gasteiger partial charge >= 0.3 is 0 Å². The van der Waals surface area contributed by atoms with Gasteiger partial charge in [0, 0.05) is 6.54 Å². The molecule has 0 saturated carbocycles. The lowest BCUT2D eigenvalue weighted by Crippen LogP contribution is -2.14. The van der Waals surface area contributed by atoms with E-state index < -0.39 is 17.4 Å². The van der Waals surface area contributed by atoms with E-state index >= 15 is 0 Å². The molecule has 0 atom stereocenters. The Morgan fingerprint density at radius 1 is 1.29 bits per heavy atom. The van der Waals surface area contributed by atoms with E-state index in [1.165, 1.54) is 0 Å². The maximum atomic E-state index is 12.8. The molecule has 78 valence electrons. The Morgan fingerprint density at radius 2 is 1.86 bits per heavy atom. The standard InChI is InChI=1S/C10H13F2NO/c1-2-3-13-6-7-4-8(11)10(14)9(12)5-7/h4-5,13-14H,2-3,6H2,1H3. The van der Waals surface area contributed by atoms with E-state index in [0.717, 1.165) is 25.1 Å². The number of benzene rings is 1. The normalized spacial score (nSPS) is 10.5. The highest BCUT2D eigenvalue weighted by Crippen LogP contribution is 2.21. The molecule has 2 nitrogen and oxygen atoms in total. The number of aromatic hydroxyl groups is 1. The molecule has 2 N–H and O–H groups in total. The summed E-state index contributed by atoms with van der Waals surface area (Å²) in [5.41, 5.74) is 0.492. The molecule has 1 aromatic carbocycles. The average molecular weight is 201 g/mol. The molecule has 0 spiro atoms. The number of halogens is 2. The lowest BCUT2D eigenvalue weighted by atomic mass is 10.2. The Hall–Kier alpha value is -1.16. The fourth-order valence-corrected chi connectivity index (χ4v) is 1.13. The van der Waals surface area contributed by atoms with Crippen LogP contribution in [0.5, 0.6) is 5.75 Å². The lowest BCUT2D eigenvalue weighted by Gasteiger charge is -2.05. The maximum Gasteiger partial charge on any atom is 0.187 e. The van der Waals surface area contributed by atoms with Gasteiger partial charge in [0.2, 0.25) is 0 Å². The number of phenolic OH excluding ortho intramolecular Hbond substituents is 1. The van der Waals surface area contributed by atoms with Crippen LogP contribution < -0.4 is 5.32 Å². The second kappa shape index (κ2) is 4.91. The second-order valence-electron chi connectivity index (χ2n) is 3.08. The average Bonchev–Trinajstić information content (AvgIpc) is 2.14. The molecular formula is C10H13F2NO. The first-order chi connectivity index (χ1) is 6.65. The first-order valence-corrected chi connectivity index (χ1v) is 4.52. The van der Waals surface area contributed by atoms with Crippen molar-refractivity contribution in [3.63, 3.8) is 0 Å². The van der Waals surface area contributed by atoms with Gasteiger partial charge in [0.05, 0.1) is 0 Å². The van der Waals surface area contributed by atoms with Crippen LogP contribution in [-0.4, -0.2) is 11.7 Å². The van der Waals surface area contributed by atoms with Crippen molar-refractivity contribution in [2.75, 3.05) is 6.54 Å². The molecule has 0 amide bonds. The van der Waals surface area contributed by atoms with Gasteiger partial charge in [-0.15, -0.1) is 0 Å². The molecule has 4 heteroatoms. The number of hydrogen-bond donors (Lipinski definition) is 2. The molecule has 0 aliphatic rings. The summed E-state index contributed by atoms with van der Waals surface area (Å²) in [5, 5.41) is 11.8. The van der Waals surface area contributed by atoms with Crippen molar-refractivity contribution in [2.24, 2.45) is 0 Å². The zero-order valence-corrected chi connectivity index (χ0v) is 7.98. The summed E-state index contributed by atoms with van der Waals surface area (Å²) in [6, 6.07) is 2.25. The van der Waals surface area contributed by atoms with Crippen LogP contribution in [0.4, 0.5) is 8.78 Å². The number of hydrogen-bond acceptors (Lipinski definition) is 2. The number of phenols is 1. The summed E-state index contributed by atoms with van der Waals surface area (Å²) in [6.07, 6.45) is 0.961. The highest BCUT2D eigenvalue weighted by molar-refractivity contribution is 5.29. The first kappa shape index (κ1) is 10.9. The van der Waals surface area contributed by atoms with E-state index in [9.17, 15) is 8.78 Å². The molecule has 0 bridgehead atoms. The van der Waals surface area contributed by atoms with Crippen LogP contribution in [0.1, 0.15) is 18.9 Å². The van der Waals surface area contributed by atoms with Gasteiger partial charge in [0.15, 0.2) is 17.4 Å². The molecule has 0 aliphatic heterocycles. The predicted molar refractivity (Wildman–Crippen MR) is 50.0 cm³/mol. The van der Waals surface area contributed by atoms with Crippen LogP contribution in [0, 0.1) is 11.6 Å². The van der Waals surface area contributed by atoms with Gasteiger partial charge < -0.3 is 10.4 Å². The van der Waals surface area contributed by atoms with Crippen LogP contribution >= 0.6 is 0 Å². The fraction of sp³-hybridized carbons (Fsp3) is 0.400. The van der Waals surface area contributed by atoms with Gasteiger partial charge in [-0.05, 0) is 30.7 Å². The molecule has 0 fully saturated rings. The van der Waals surface area contributed by atoms with Crippen LogP contribution in [-0.2, 0) is 6.54 Å². The van der Waals surface area contributed by atoms with E-state index in [1.54, 1.807) is 0 Å². The van der Waals surface area contributed by atoms with Crippen molar-refractivity contribution in [3.05, 3.63) is 29.3 Å². The van der Waals surface area contributed by atoms with Crippen molar-refractivity contribution in [1.29, 1.82) is 0 Å². The van der Waals surface area contributed by atoms with Gasteiger partial charge in [-0.1, -0.05) is 6.92 Å². The van der Waals surface area contributed by atoms with Crippen molar-refractivity contribution in [3.8, 4) is 5.75 Å². The van der Waals surface area contributed by atoms with Crippen molar-refractivity contribution in [1.82, 2.24) is 5.32 Å². The van der Waals surface area contributed by atoms with Gasteiger partial charge in [0.25, 0.3) is 0 Å². The molecule has 1 aromatic rings. The largest absolute Gasteiger partial charge is 0.503 e. The van der Waals surface area contributed by atoms with Crippen LogP contribution in [0.15, 0.2) is 12.1 Å². The summed E-state index contributed by atoms with van der Waals surface area (Å²) in [7, 11) is 0. The highest BCUT2D eigenvalue weighted by Gasteiger charge is 2.08. The third-order valence-electron chi connectivity index (χ3n) is 1.83. The van der Waals surface area contributed by atoms with Crippen LogP contribution in [0.3, 0.4) is 0 Å². The Bertz CT molecular complexity index is 292. The maximum absolute atomic E-state index is 12.8. The van der Waals surface area contributed by atoms with Crippen molar-refractivity contribution >= 4 is 0 Å². The summed E-state index contributed by atoms with van der Waals surface area (Å²) < 4.78 is 25.7. The quantitative estimate of drug-likeness (QED) is 0.732. The Morgan fingerprint density at radius 3 is 2.36 bits per heavy atom. The van der Waals surface area contributed by atoms with Gasteiger partial charge in [-0.3, -0.25) is 0 Å². The Labute approximate surface area is 81.6 Å². The number of rotatable bonds is 4. The third-order valence-corrected chi connectivity index (χ3v) is 1.83. The molecule has 0 aromatic heterocycles. The number of nitrogens with one attached hydrogen (secondary N) is 1. The van der Waals surface area contributed by atoms with Gasteiger partial charge in [0.1, 0.15) is 0 Å². The fourth-order valence-electron chi connectivity index (χ4n) is 1.13.